The van der Waals surface area contributed by atoms with Crippen LogP contribution in [0.1, 0.15) is 45.4 Å². The molecule has 2 aliphatic rings. The maximum absolute atomic E-state index is 12.1. The van der Waals surface area contributed by atoms with Crippen molar-refractivity contribution in [2.45, 2.75) is 51.5 Å². The number of nitrogens with zero attached hydrogens (tertiary/aromatic N) is 1. The van der Waals surface area contributed by atoms with Gasteiger partial charge in [-0.3, -0.25) is 0 Å². The van der Waals surface area contributed by atoms with Crippen LogP contribution in [0.5, 0.6) is 0 Å². The molecule has 2 unspecified atom stereocenters. The molecular formula is C14H24N2O3. The van der Waals surface area contributed by atoms with Gasteiger partial charge in [0.15, 0.2) is 0 Å². The number of carbonyl (C=O) groups is 2. The predicted octanol–water partition coefficient (Wildman–Crippen LogP) is 2.07. The molecule has 1 saturated heterocycles. The van der Waals surface area contributed by atoms with E-state index in [4.69, 9.17) is 0 Å². The van der Waals surface area contributed by atoms with Crippen molar-refractivity contribution in [2.75, 3.05) is 13.1 Å². The van der Waals surface area contributed by atoms with Crippen LogP contribution >= 0.6 is 0 Å². The third-order valence-electron chi connectivity index (χ3n) is 4.38. The Morgan fingerprint density at radius 2 is 1.89 bits per heavy atom. The Morgan fingerprint density at radius 3 is 2.42 bits per heavy atom. The molecule has 2 rings (SSSR count). The van der Waals surface area contributed by atoms with Crippen molar-refractivity contribution in [3.63, 3.8) is 0 Å². The van der Waals surface area contributed by atoms with Gasteiger partial charge in [-0.25, -0.2) is 9.59 Å². The minimum Gasteiger partial charge on any atom is -0.480 e. The number of urea groups is 1. The second kappa shape index (κ2) is 6.26. The lowest BCUT2D eigenvalue weighted by molar-refractivity contribution is -0.141. The first kappa shape index (κ1) is 14.2. The average molecular weight is 268 g/mol. The number of rotatable bonds is 3. The molecule has 0 aromatic heterocycles. The molecule has 0 spiro atoms. The van der Waals surface area contributed by atoms with Crippen LogP contribution in [0.15, 0.2) is 0 Å². The number of likely N-dealkylation sites (tertiary alicyclic amines) is 1. The van der Waals surface area contributed by atoms with Gasteiger partial charge in [-0.05, 0) is 31.1 Å². The number of aliphatic carboxylic acids is 1. The van der Waals surface area contributed by atoms with Gasteiger partial charge >= 0.3 is 12.0 Å². The molecule has 108 valence electrons. The summed E-state index contributed by atoms with van der Waals surface area (Å²) in [5.74, 6) is -0.286. The molecule has 1 aliphatic carbocycles. The fourth-order valence-corrected chi connectivity index (χ4v) is 3.19. The highest BCUT2D eigenvalue weighted by molar-refractivity contribution is 5.83. The smallest absolute Gasteiger partial charge is 0.326 e. The maximum atomic E-state index is 12.1. The number of carboxylic acid groups (broad SMARTS) is 1. The molecule has 5 nitrogen and oxygen atoms in total. The lowest BCUT2D eigenvalue weighted by Crippen LogP contribution is -2.51. The van der Waals surface area contributed by atoms with Gasteiger partial charge in [-0.15, -0.1) is 0 Å². The summed E-state index contributed by atoms with van der Waals surface area (Å²) in [6.07, 6.45) is 6.16. The van der Waals surface area contributed by atoms with E-state index in [2.05, 4.69) is 12.2 Å². The second-order valence-electron chi connectivity index (χ2n) is 6.00. The lowest BCUT2D eigenvalue weighted by atomic mass is 9.84. The Morgan fingerprint density at radius 1 is 1.21 bits per heavy atom. The minimum atomic E-state index is -0.896. The normalized spacial score (nSPS) is 26.2. The molecular weight excluding hydrogens is 244 g/mol. The van der Waals surface area contributed by atoms with Crippen LogP contribution in [-0.2, 0) is 4.79 Å². The van der Waals surface area contributed by atoms with E-state index in [-0.39, 0.29) is 11.9 Å². The van der Waals surface area contributed by atoms with Gasteiger partial charge < -0.3 is 15.3 Å². The number of carboxylic acids is 1. The average Bonchev–Trinajstić information content (AvgIpc) is 2.83. The molecule has 0 bridgehead atoms. The van der Waals surface area contributed by atoms with E-state index in [0.29, 0.717) is 5.92 Å². The summed E-state index contributed by atoms with van der Waals surface area (Å²) in [7, 11) is 0. The van der Waals surface area contributed by atoms with Crippen molar-refractivity contribution in [3.05, 3.63) is 0 Å². The number of hydrogen-bond donors (Lipinski definition) is 2. The third-order valence-corrected chi connectivity index (χ3v) is 4.38. The Bertz CT molecular complexity index is 340. The fraction of sp³-hybridized carbons (Fsp3) is 0.857. The molecule has 1 heterocycles. The Kier molecular flexibility index (Phi) is 4.66. The van der Waals surface area contributed by atoms with E-state index in [9.17, 15) is 14.7 Å². The highest BCUT2D eigenvalue weighted by atomic mass is 16.4. The molecule has 5 heteroatoms. The van der Waals surface area contributed by atoms with Gasteiger partial charge in [-0.2, -0.15) is 0 Å². The molecule has 0 aromatic rings. The number of amides is 2. The lowest BCUT2D eigenvalue weighted by Gasteiger charge is -2.29. The second-order valence-corrected chi connectivity index (χ2v) is 6.00. The molecule has 2 atom stereocenters. The van der Waals surface area contributed by atoms with E-state index in [1.807, 2.05) is 0 Å². The first-order valence-corrected chi connectivity index (χ1v) is 7.36. The predicted molar refractivity (Wildman–Crippen MR) is 71.9 cm³/mol. The van der Waals surface area contributed by atoms with E-state index in [1.54, 1.807) is 4.90 Å². The van der Waals surface area contributed by atoms with E-state index in [1.165, 1.54) is 6.42 Å². The SMILES string of the molecule is CC1CCN(C(=O)NC(C(=O)O)C2CCCCC2)C1. The molecule has 2 N–H and O–H groups in total. The van der Waals surface area contributed by atoms with Crippen molar-refractivity contribution < 1.29 is 14.7 Å². The molecule has 1 aliphatic heterocycles. The Balaban J connectivity index is 1.92. The van der Waals surface area contributed by atoms with Crippen LogP contribution in [-0.4, -0.2) is 41.1 Å². The zero-order valence-electron chi connectivity index (χ0n) is 11.6. The van der Waals surface area contributed by atoms with Crippen molar-refractivity contribution in [1.82, 2.24) is 10.2 Å². The number of hydrogen-bond acceptors (Lipinski definition) is 2. The zero-order chi connectivity index (χ0) is 13.8. The summed E-state index contributed by atoms with van der Waals surface area (Å²) in [6, 6.07) is -0.925. The van der Waals surface area contributed by atoms with Crippen LogP contribution in [0.2, 0.25) is 0 Å². The molecule has 1 saturated carbocycles. The standard InChI is InChI=1S/C14H24N2O3/c1-10-7-8-16(9-10)14(19)15-12(13(17)18)11-5-3-2-4-6-11/h10-12H,2-9H2,1H3,(H,15,19)(H,17,18). The van der Waals surface area contributed by atoms with Crippen LogP contribution in [0.3, 0.4) is 0 Å². The maximum Gasteiger partial charge on any atom is 0.326 e. The topological polar surface area (TPSA) is 69.6 Å². The van der Waals surface area contributed by atoms with Crippen molar-refractivity contribution in [1.29, 1.82) is 0 Å². The fourth-order valence-electron chi connectivity index (χ4n) is 3.19. The number of nitrogens with one attached hydrogen (secondary N) is 1. The van der Waals surface area contributed by atoms with Crippen molar-refractivity contribution in [2.24, 2.45) is 11.8 Å². The summed E-state index contributed by atoms with van der Waals surface area (Å²) in [6.45, 7) is 3.59. The molecule has 0 radical (unpaired) electrons. The van der Waals surface area contributed by atoms with E-state index < -0.39 is 12.0 Å². The monoisotopic (exact) mass is 268 g/mol. The van der Waals surface area contributed by atoms with Crippen LogP contribution < -0.4 is 5.32 Å². The number of carbonyl (C=O) groups excluding carboxylic acids is 1. The molecule has 2 amide bonds. The molecule has 2 fully saturated rings. The minimum absolute atomic E-state index is 0.0928. The highest BCUT2D eigenvalue weighted by Crippen LogP contribution is 2.27. The summed E-state index contributed by atoms with van der Waals surface area (Å²) >= 11 is 0. The summed E-state index contributed by atoms with van der Waals surface area (Å²) in [5, 5.41) is 12.1. The summed E-state index contributed by atoms with van der Waals surface area (Å²) in [5.41, 5.74) is 0. The van der Waals surface area contributed by atoms with Gasteiger partial charge in [0, 0.05) is 13.1 Å². The Hall–Kier alpha value is -1.26. The summed E-state index contributed by atoms with van der Waals surface area (Å²) in [4.78, 5) is 25.2. The van der Waals surface area contributed by atoms with Gasteiger partial charge in [0.1, 0.15) is 6.04 Å². The molecule has 0 aromatic carbocycles. The Labute approximate surface area is 114 Å². The molecule has 19 heavy (non-hydrogen) atoms. The van der Waals surface area contributed by atoms with E-state index in [0.717, 1.165) is 45.2 Å². The first-order valence-electron chi connectivity index (χ1n) is 7.36. The van der Waals surface area contributed by atoms with E-state index >= 15 is 0 Å². The van der Waals surface area contributed by atoms with Crippen molar-refractivity contribution in [3.8, 4) is 0 Å². The van der Waals surface area contributed by atoms with Crippen LogP contribution in [0.4, 0.5) is 4.79 Å². The van der Waals surface area contributed by atoms with Crippen LogP contribution in [0, 0.1) is 11.8 Å². The highest BCUT2D eigenvalue weighted by Gasteiger charge is 2.33. The first-order chi connectivity index (χ1) is 9.08. The van der Waals surface area contributed by atoms with Gasteiger partial charge in [0.2, 0.25) is 0 Å². The zero-order valence-corrected chi connectivity index (χ0v) is 11.6. The summed E-state index contributed by atoms with van der Waals surface area (Å²) < 4.78 is 0. The van der Waals surface area contributed by atoms with Crippen LogP contribution in [0.25, 0.3) is 0 Å². The van der Waals surface area contributed by atoms with Gasteiger partial charge in [0.25, 0.3) is 0 Å². The van der Waals surface area contributed by atoms with Gasteiger partial charge in [0.05, 0.1) is 0 Å². The van der Waals surface area contributed by atoms with Crippen molar-refractivity contribution >= 4 is 12.0 Å². The van der Waals surface area contributed by atoms with Gasteiger partial charge in [-0.1, -0.05) is 26.2 Å². The quantitative estimate of drug-likeness (QED) is 0.823. The largest absolute Gasteiger partial charge is 0.480 e. The third kappa shape index (κ3) is 3.61.